The maximum absolute atomic E-state index is 13.9. The van der Waals surface area contributed by atoms with Gasteiger partial charge in [-0.2, -0.15) is 0 Å². The molecule has 2 aromatic rings. The second-order valence-corrected chi connectivity index (χ2v) is 5.95. The number of nitrogens with zero attached hydrogens (tertiary/aromatic N) is 1. The molecule has 116 valence electrons. The van der Waals surface area contributed by atoms with E-state index in [4.69, 9.17) is 10.6 Å². The van der Waals surface area contributed by atoms with E-state index in [0.29, 0.717) is 12.5 Å². The second-order valence-electron chi connectivity index (χ2n) is 5.95. The second kappa shape index (κ2) is 5.97. The minimum absolute atomic E-state index is 0.279. The normalized spacial score (nSPS) is 14.0. The van der Waals surface area contributed by atoms with Gasteiger partial charge in [-0.25, -0.2) is 10.2 Å². The largest absolute Gasteiger partial charge is 0.486 e. The lowest BCUT2D eigenvalue weighted by Crippen LogP contribution is -2.27. The summed E-state index contributed by atoms with van der Waals surface area (Å²) in [5.74, 6) is 6.46. The molecule has 0 amide bonds. The highest BCUT2D eigenvalue weighted by molar-refractivity contribution is 5.57. The summed E-state index contributed by atoms with van der Waals surface area (Å²) in [6.07, 6.45) is 2.40. The van der Waals surface area contributed by atoms with Gasteiger partial charge in [0.1, 0.15) is 6.61 Å². The Hall–Kier alpha value is -2.07. The van der Waals surface area contributed by atoms with E-state index in [0.717, 1.165) is 16.8 Å². The zero-order valence-electron chi connectivity index (χ0n) is 13.0. The Labute approximate surface area is 130 Å². The molecule has 0 radical (unpaired) electrons. The summed E-state index contributed by atoms with van der Waals surface area (Å²) in [6.45, 7) is 2.18. The van der Waals surface area contributed by atoms with Crippen molar-refractivity contribution in [3.63, 3.8) is 0 Å². The lowest BCUT2D eigenvalue weighted by atomic mass is 10.0. The van der Waals surface area contributed by atoms with E-state index in [9.17, 15) is 4.39 Å². The van der Waals surface area contributed by atoms with Crippen LogP contribution in [-0.2, 0) is 6.61 Å². The van der Waals surface area contributed by atoms with Crippen LogP contribution in [0.2, 0.25) is 0 Å². The highest BCUT2D eigenvalue weighted by atomic mass is 19.1. The first-order valence-electron chi connectivity index (χ1n) is 7.55. The van der Waals surface area contributed by atoms with Crippen molar-refractivity contribution in [2.45, 2.75) is 32.3 Å². The molecule has 4 heteroatoms. The molecular weight excluding hydrogens is 279 g/mol. The summed E-state index contributed by atoms with van der Waals surface area (Å²) in [7, 11) is 1.81. The van der Waals surface area contributed by atoms with E-state index in [-0.39, 0.29) is 11.6 Å². The maximum atomic E-state index is 13.9. The highest BCUT2D eigenvalue weighted by Gasteiger charge is 2.27. The van der Waals surface area contributed by atoms with Crippen LogP contribution in [0.3, 0.4) is 0 Å². The van der Waals surface area contributed by atoms with Gasteiger partial charge >= 0.3 is 0 Å². The van der Waals surface area contributed by atoms with E-state index in [1.807, 2.05) is 32.2 Å². The number of hydrogen-bond acceptors (Lipinski definition) is 3. The van der Waals surface area contributed by atoms with Crippen molar-refractivity contribution in [1.29, 1.82) is 0 Å². The van der Waals surface area contributed by atoms with Crippen molar-refractivity contribution in [3.05, 3.63) is 58.9 Å². The molecule has 1 fully saturated rings. The van der Waals surface area contributed by atoms with Gasteiger partial charge in [0.15, 0.2) is 11.6 Å². The topological polar surface area (TPSA) is 38.5 Å². The SMILES string of the molecule is Cc1ccc(OCc2c(C3CC3)cccc2N(C)N)c(F)c1. The van der Waals surface area contributed by atoms with Crippen LogP contribution in [0.25, 0.3) is 0 Å². The third-order valence-corrected chi connectivity index (χ3v) is 4.04. The molecule has 2 aromatic carbocycles. The summed E-state index contributed by atoms with van der Waals surface area (Å²) in [5.41, 5.74) is 4.12. The van der Waals surface area contributed by atoms with Crippen LogP contribution in [0.15, 0.2) is 36.4 Å². The number of benzene rings is 2. The molecule has 0 heterocycles. The van der Waals surface area contributed by atoms with Gasteiger partial charge in [-0.1, -0.05) is 18.2 Å². The zero-order valence-corrected chi connectivity index (χ0v) is 13.0. The van der Waals surface area contributed by atoms with E-state index in [1.165, 1.54) is 24.5 Å². The Morgan fingerprint density at radius 1 is 1.27 bits per heavy atom. The van der Waals surface area contributed by atoms with Crippen molar-refractivity contribution in [3.8, 4) is 5.75 Å². The fourth-order valence-corrected chi connectivity index (χ4v) is 2.73. The Morgan fingerprint density at radius 2 is 2.05 bits per heavy atom. The Balaban J connectivity index is 1.87. The summed E-state index contributed by atoms with van der Waals surface area (Å²) in [4.78, 5) is 0. The summed E-state index contributed by atoms with van der Waals surface area (Å²) in [6, 6.07) is 11.1. The van der Waals surface area contributed by atoms with Crippen LogP contribution in [0.1, 0.15) is 35.4 Å². The number of nitrogens with two attached hydrogens (primary N) is 1. The van der Waals surface area contributed by atoms with Gasteiger partial charge in [-0.3, -0.25) is 0 Å². The van der Waals surface area contributed by atoms with E-state index in [1.54, 1.807) is 11.1 Å². The van der Waals surface area contributed by atoms with Gasteiger partial charge in [0.05, 0.1) is 5.69 Å². The van der Waals surface area contributed by atoms with Gasteiger partial charge in [0.2, 0.25) is 0 Å². The quantitative estimate of drug-likeness (QED) is 0.672. The molecule has 3 nitrogen and oxygen atoms in total. The number of hydrogen-bond donors (Lipinski definition) is 1. The van der Waals surface area contributed by atoms with Crippen LogP contribution in [0.4, 0.5) is 10.1 Å². The third-order valence-electron chi connectivity index (χ3n) is 4.04. The summed E-state index contributed by atoms with van der Waals surface area (Å²) in [5, 5.41) is 1.59. The number of ether oxygens (including phenoxy) is 1. The smallest absolute Gasteiger partial charge is 0.165 e. The van der Waals surface area contributed by atoms with Crippen molar-refractivity contribution < 1.29 is 9.13 Å². The fraction of sp³-hybridized carbons (Fsp3) is 0.333. The fourth-order valence-electron chi connectivity index (χ4n) is 2.73. The number of rotatable bonds is 5. The van der Waals surface area contributed by atoms with E-state index >= 15 is 0 Å². The third kappa shape index (κ3) is 3.07. The minimum Gasteiger partial charge on any atom is -0.486 e. The van der Waals surface area contributed by atoms with E-state index in [2.05, 4.69) is 6.07 Å². The van der Waals surface area contributed by atoms with Gasteiger partial charge in [0.25, 0.3) is 0 Å². The van der Waals surface area contributed by atoms with E-state index < -0.39 is 0 Å². The van der Waals surface area contributed by atoms with Gasteiger partial charge < -0.3 is 9.75 Å². The first-order valence-corrected chi connectivity index (χ1v) is 7.55. The Morgan fingerprint density at radius 3 is 2.68 bits per heavy atom. The Bertz CT molecular complexity index is 661. The van der Waals surface area contributed by atoms with Crippen LogP contribution in [-0.4, -0.2) is 7.05 Å². The van der Waals surface area contributed by atoms with Crippen molar-refractivity contribution in [1.82, 2.24) is 0 Å². The Kier molecular flexibility index (Phi) is 4.03. The van der Waals surface area contributed by atoms with Crippen LogP contribution >= 0.6 is 0 Å². The van der Waals surface area contributed by atoms with Crippen molar-refractivity contribution in [2.75, 3.05) is 12.1 Å². The predicted octanol–water partition coefficient (Wildman–Crippen LogP) is 3.90. The molecule has 2 N–H and O–H groups in total. The molecule has 1 saturated carbocycles. The molecule has 0 atom stereocenters. The molecular formula is C18H21FN2O. The molecule has 0 aliphatic heterocycles. The minimum atomic E-state index is -0.327. The molecule has 0 unspecified atom stereocenters. The monoisotopic (exact) mass is 300 g/mol. The number of hydrazine groups is 1. The van der Waals surface area contributed by atoms with Gasteiger partial charge in [-0.15, -0.1) is 0 Å². The zero-order chi connectivity index (χ0) is 15.7. The summed E-state index contributed by atoms with van der Waals surface area (Å²) >= 11 is 0. The number of halogens is 1. The van der Waals surface area contributed by atoms with Crippen LogP contribution in [0, 0.1) is 12.7 Å². The van der Waals surface area contributed by atoms with Gasteiger partial charge in [0, 0.05) is 12.6 Å². The molecule has 22 heavy (non-hydrogen) atoms. The lowest BCUT2D eigenvalue weighted by molar-refractivity contribution is 0.289. The highest BCUT2D eigenvalue weighted by Crippen LogP contribution is 2.43. The van der Waals surface area contributed by atoms with Crippen LogP contribution < -0.4 is 15.6 Å². The number of aryl methyl sites for hydroxylation is 1. The average Bonchev–Trinajstić information content (AvgIpc) is 3.30. The number of anilines is 1. The first kappa shape index (κ1) is 14.9. The maximum Gasteiger partial charge on any atom is 0.165 e. The average molecular weight is 300 g/mol. The molecule has 1 aliphatic carbocycles. The standard InChI is InChI=1S/C18H21FN2O/c1-12-6-9-18(16(19)10-12)22-11-15-14(13-7-8-13)4-3-5-17(15)21(2)20/h3-6,9-10,13H,7-8,11,20H2,1-2H3. The molecule has 0 saturated heterocycles. The molecule has 1 aliphatic rings. The lowest BCUT2D eigenvalue weighted by Gasteiger charge is -2.20. The predicted molar refractivity (Wildman–Crippen MR) is 86.5 cm³/mol. The summed E-state index contributed by atoms with van der Waals surface area (Å²) < 4.78 is 19.7. The molecule has 0 aromatic heterocycles. The molecule has 3 rings (SSSR count). The molecule has 0 spiro atoms. The first-order chi connectivity index (χ1) is 10.6. The van der Waals surface area contributed by atoms with Gasteiger partial charge in [-0.05, 0) is 55.0 Å². The van der Waals surface area contributed by atoms with Crippen LogP contribution in [0.5, 0.6) is 5.75 Å². The van der Waals surface area contributed by atoms with Crippen molar-refractivity contribution >= 4 is 5.69 Å². The van der Waals surface area contributed by atoms with Crippen molar-refractivity contribution in [2.24, 2.45) is 5.84 Å². The molecule has 0 bridgehead atoms.